The highest BCUT2D eigenvalue weighted by Crippen LogP contribution is 2.18. The van der Waals surface area contributed by atoms with Gasteiger partial charge in [0.1, 0.15) is 0 Å². The first-order chi connectivity index (χ1) is 11.6. The number of aliphatic hydroxyl groups excluding tert-OH is 1. The maximum atomic E-state index is 12.3. The summed E-state index contributed by atoms with van der Waals surface area (Å²) >= 11 is 0. The maximum Gasteiger partial charge on any atom is 0.321 e. The average Bonchev–Trinajstić information content (AvgIpc) is 2.59. The molecular formula is C18H24N4O2. The number of anilines is 1. The van der Waals surface area contributed by atoms with Crippen molar-refractivity contribution in [1.29, 1.82) is 0 Å². The summed E-state index contributed by atoms with van der Waals surface area (Å²) in [5.41, 5.74) is 2.51. The fourth-order valence-corrected chi connectivity index (χ4v) is 2.28. The number of carbonyl (C=O) groups excluding carboxylic acids is 1. The second kappa shape index (κ2) is 8.98. The largest absolute Gasteiger partial charge is 0.395 e. The summed E-state index contributed by atoms with van der Waals surface area (Å²) in [4.78, 5) is 22.6. The Bertz CT molecular complexity index is 658. The second-order valence-corrected chi connectivity index (χ2v) is 5.59. The number of hydrogen-bond donors (Lipinski definition) is 2. The van der Waals surface area contributed by atoms with Gasteiger partial charge in [0.05, 0.1) is 6.61 Å². The number of rotatable bonds is 7. The Labute approximate surface area is 142 Å². The molecule has 6 heteroatoms. The molecule has 2 N–H and O–H groups in total. The quantitative estimate of drug-likeness (QED) is 0.819. The molecule has 6 nitrogen and oxygen atoms in total. The summed E-state index contributed by atoms with van der Waals surface area (Å²) < 4.78 is 0. The number of aromatic nitrogens is 2. The minimum atomic E-state index is -0.197. The van der Waals surface area contributed by atoms with Crippen LogP contribution in [0, 0.1) is 6.92 Å². The lowest BCUT2D eigenvalue weighted by Gasteiger charge is -2.22. The van der Waals surface area contributed by atoms with E-state index in [1.165, 1.54) is 0 Å². The zero-order valence-electron chi connectivity index (χ0n) is 14.2. The molecule has 0 saturated heterocycles. The summed E-state index contributed by atoms with van der Waals surface area (Å²) in [7, 11) is 0. The van der Waals surface area contributed by atoms with Gasteiger partial charge in [-0.3, -0.25) is 0 Å². The Morgan fingerprint density at radius 1 is 1.21 bits per heavy atom. The predicted molar refractivity (Wildman–Crippen MR) is 94.8 cm³/mol. The van der Waals surface area contributed by atoms with Gasteiger partial charge in [-0.15, -0.1) is 0 Å². The Balaban J connectivity index is 2.03. The molecular weight excluding hydrogens is 304 g/mol. The van der Waals surface area contributed by atoms with Gasteiger partial charge < -0.3 is 15.3 Å². The van der Waals surface area contributed by atoms with Crippen LogP contribution >= 0.6 is 0 Å². The van der Waals surface area contributed by atoms with E-state index >= 15 is 0 Å². The van der Waals surface area contributed by atoms with Crippen molar-refractivity contribution >= 4 is 11.7 Å². The number of nitrogens with one attached hydrogen (secondary N) is 1. The number of benzene rings is 1. The van der Waals surface area contributed by atoms with E-state index in [4.69, 9.17) is 5.11 Å². The van der Waals surface area contributed by atoms with Crippen LogP contribution in [0.1, 0.15) is 25.5 Å². The van der Waals surface area contributed by atoms with Crippen molar-refractivity contribution < 1.29 is 9.90 Å². The number of nitrogens with zero attached hydrogens (tertiary/aromatic N) is 3. The van der Waals surface area contributed by atoms with Crippen LogP contribution in [0.15, 0.2) is 36.5 Å². The molecule has 0 unspecified atom stereocenters. The van der Waals surface area contributed by atoms with E-state index in [0.717, 1.165) is 24.1 Å². The molecule has 2 amide bonds. The van der Waals surface area contributed by atoms with Gasteiger partial charge in [-0.2, -0.15) is 0 Å². The number of aryl methyl sites for hydroxylation is 1. The van der Waals surface area contributed by atoms with Gasteiger partial charge in [-0.1, -0.05) is 13.3 Å². The van der Waals surface area contributed by atoms with E-state index in [-0.39, 0.29) is 12.6 Å². The zero-order valence-corrected chi connectivity index (χ0v) is 14.2. The second-order valence-electron chi connectivity index (χ2n) is 5.59. The van der Waals surface area contributed by atoms with Crippen LogP contribution in [0.4, 0.5) is 10.5 Å². The molecule has 0 atom stereocenters. The molecule has 0 aliphatic heterocycles. The van der Waals surface area contributed by atoms with Crippen molar-refractivity contribution in [3.05, 3.63) is 42.2 Å². The summed E-state index contributed by atoms with van der Waals surface area (Å²) in [6, 6.07) is 9.08. The van der Waals surface area contributed by atoms with Crippen LogP contribution in [0.3, 0.4) is 0 Å². The lowest BCUT2D eigenvalue weighted by molar-refractivity contribution is 0.187. The number of carbonyl (C=O) groups is 1. The molecule has 0 fully saturated rings. The molecule has 2 aromatic rings. The van der Waals surface area contributed by atoms with Gasteiger partial charge in [0, 0.05) is 36.2 Å². The van der Waals surface area contributed by atoms with Crippen LogP contribution in [0.25, 0.3) is 11.4 Å². The molecule has 24 heavy (non-hydrogen) atoms. The Hall–Kier alpha value is -2.47. The van der Waals surface area contributed by atoms with Crippen molar-refractivity contribution in [1.82, 2.24) is 14.9 Å². The van der Waals surface area contributed by atoms with Crippen LogP contribution in [-0.2, 0) is 0 Å². The lowest BCUT2D eigenvalue weighted by atomic mass is 10.2. The highest BCUT2D eigenvalue weighted by atomic mass is 16.3. The molecule has 0 aliphatic rings. The highest BCUT2D eigenvalue weighted by Gasteiger charge is 2.12. The van der Waals surface area contributed by atoms with Crippen LogP contribution in [-0.4, -0.2) is 45.7 Å². The van der Waals surface area contributed by atoms with Crippen LogP contribution in [0.2, 0.25) is 0 Å². The molecule has 1 aromatic heterocycles. The van der Waals surface area contributed by atoms with Gasteiger partial charge in [0.2, 0.25) is 0 Å². The number of amides is 2. The molecule has 1 heterocycles. The summed E-state index contributed by atoms with van der Waals surface area (Å²) in [5.74, 6) is 0.665. The fraction of sp³-hybridized carbons (Fsp3) is 0.389. The summed E-state index contributed by atoms with van der Waals surface area (Å²) in [6.07, 6.45) is 3.64. The van der Waals surface area contributed by atoms with Gasteiger partial charge in [-0.25, -0.2) is 14.8 Å². The topological polar surface area (TPSA) is 78.4 Å². The summed E-state index contributed by atoms with van der Waals surface area (Å²) in [5, 5.41) is 12.0. The van der Waals surface area contributed by atoms with E-state index in [1.54, 1.807) is 11.1 Å². The van der Waals surface area contributed by atoms with Crippen molar-refractivity contribution in [3.8, 4) is 11.4 Å². The first-order valence-corrected chi connectivity index (χ1v) is 8.21. The molecule has 128 valence electrons. The minimum Gasteiger partial charge on any atom is -0.395 e. The Morgan fingerprint density at radius 2 is 1.96 bits per heavy atom. The van der Waals surface area contributed by atoms with Gasteiger partial charge in [0.15, 0.2) is 5.82 Å². The van der Waals surface area contributed by atoms with E-state index in [1.807, 2.05) is 37.3 Å². The smallest absolute Gasteiger partial charge is 0.321 e. The number of unbranched alkanes of at least 4 members (excludes halogenated alkanes) is 1. The number of aliphatic hydroxyl groups is 1. The first-order valence-electron chi connectivity index (χ1n) is 8.21. The molecule has 0 bridgehead atoms. The van der Waals surface area contributed by atoms with Crippen LogP contribution < -0.4 is 5.32 Å². The zero-order chi connectivity index (χ0) is 17.4. The summed E-state index contributed by atoms with van der Waals surface area (Å²) in [6.45, 7) is 4.92. The van der Waals surface area contributed by atoms with Crippen molar-refractivity contribution in [3.63, 3.8) is 0 Å². The van der Waals surface area contributed by atoms with Crippen molar-refractivity contribution in [2.75, 3.05) is 25.0 Å². The lowest BCUT2D eigenvalue weighted by Crippen LogP contribution is -2.37. The molecule has 0 spiro atoms. The first kappa shape index (κ1) is 17.9. The van der Waals surface area contributed by atoms with Gasteiger partial charge in [-0.05, 0) is 43.7 Å². The van der Waals surface area contributed by atoms with Crippen molar-refractivity contribution in [2.24, 2.45) is 0 Å². The minimum absolute atomic E-state index is 0.0409. The van der Waals surface area contributed by atoms with E-state index < -0.39 is 0 Å². The maximum absolute atomic E-state index is 12.3. The predicted octanol–water partition coefficient (Wildman–Crippen LogP) is 3.08. The highest BCUT2D eigenvalue weighted by molar-refractivity contribution is 5.89. The number of urea groups is 1. The SMILES string of the molecule is CCCCN(CCO)C(=O)Nc1ccc(-c2nccc(C)n2)cc1. The number of hydrogen-bond acceptors (Lipinski definition) is 4. The standard InChI is InChI=1S/C18H24N4O2/c1-3-4-11-22(12-13-23)18(24)21-16-7-5-15(6-8-16)17-19-10-9-14(2)20-17/h5-10,23H,3-4,11-13H2,1-2H3,(H,21,24). The third-order valence-electron chi connectivity index (χ3n) is 3.63. The molecule has 2 rings (SSSR count). The Kier molecular flexibility index (Phi) is 6.69. The third kappa shape index (κ3) is 5.03. The normalized spacial score (nSPS) is 10.5. The Morgan fingerprint density at radius 3 is 2.58 bits per heavy atom. The molecule has 0 aliphatic carbocycles. The molecule has 0 radical (unpaired) electrons. The van der Waals surface area contributed by atoms with E-state index in [9.17, 15) is 4.79 Å². The monoisotopic (exact) mass is 328 g/mol. The average molecular weight is 328 g/mol. The van der Waals surface area contributed by atoms with Crippen LogP contribution in [0.5, 0.6) is 0 Å². The van der Waals surface area contributed by atoms with Gasteiger partial charge >= 0.3 is 6.03 Å². The van der Waals surface area contributed by atoms with Crippen molar-refractivity contribution in [2.45, 2.75) is 26.7 Å². The molecule has 0 saturated carbocycles. The van der Waals surface area contributed by atoms with E-state index in [2.05, 4.69) is 22.2 Å². The third-order valence-corrected chi connectivity index (χ3v) is 3.63. The molecule has 1 aromatic carbocycles. The van der Waals surface area contributed by atoms with E-state index in [0.29, 0.717) is 24.6 Å². The van der Waals surface area contributed by atoms with Gasteiger partial charge in [0.25, 0.3) is 0 Å². The fourth-order valence-electron chi connectivity index (χ4n) is 2.28.